The minimum absolute atomic E-state index is 0.0210. The molecule has 1 heterocycles. The fourth-order valence-electron chi connectivity index (χ4n) is 1.74. The Hall–Kier alpha value is -2.90. The summed E-state index contributed by atoms with van der Waals surface area (Å²) in [4.78, 5) is 28.9. The maximum atomic E-state index is 12.3. The number of anilines is 1. The van der Waals surface area contributed by atoms with E-state index in [1.165, 1.54) is 12.0 Å². The van der Waals surface area contributed by atoms with Gasteiger partial charge in [-0.1, -0.05) is 30.3 Å². The normalized spacial score (nSPS) is 10.1. The van der Waals surface area contributed by atoms with Crippen LogP contribution in [0.15, 0.2) is 30.3 Å². The highest BCUT2D eigenvalue weighted by Crippen LogP contribution is 2.08. The Balaban J connectivity index is 2.19. The summed E-state index contributed by atoms with van der Waals surface area (Å²) in [5, 5.41) is 6.04. The molecule has 0 atom stereocenters. The summed E-state index contributed by atoms with van der Waals surface area (Å²) in [5.74, 6) is -1.05. The summed E-state index contributed by atoms with van der Waals surface area (Å²) in [6, 6.07) is 9.27. The number of aromatic nitrogens is 3. The topological polar surface area (TPSA) is 114 Å². The number of rotatable bonds is 5. The number of hydrogen-bond donors (Lipinski definition) is 2. The van der Waals surface area contributed by atoms with Gasteiger partial charge in [0.05, 0.1) is 7.11 Å². The van der Waals surface area contributed by atoms with Crippen molar-refractivity contribution in [1.29, 1.82) is 0 Å². The molecule has 110 valence electrons. The van der Waals surface area contributed by atoms with Crippen LogP contribution in [-0.4, -0.2) is 45.6 Å². The third kappa shape index (κ3) is 3.78. The van der Waals surface area contributed by atoms with Crippen LogP contribution in [0.2, 0.25) is 0 Å². The number of methoxy groups -OCH3 is 1. The van der Waals surface area contributed by atoms with E-state index < -0.39 is 11.9 Å². The van der Waals surface area contributed by atoms with Gasteiger partial charge in [-0.25, -0.2) is 0 Å². The van der Waals surface area contributed by atoms with Gasteiger partial charge in [-0.2, -0.15) is 4.98 Å². The van der Waals surface area contributed by atoms with Gasteiger partial charge in [0.15, 0.2) is 0 Å². The molecule has 1 aromatic heterocycles. The second-order valence-electron chi connectivity index (χ2n) is 4.27. The van der Waals surface area contributed by atoms with Gasteiger partial charge < -0.3 is 15.4 Å². The maximum absolute atomic E-state index is 12.3. The van der Waals surface area contributed by atoms with E-state index in [0.29, 0.717) is 0 Å². The van der Waals surface area contributed by atoms with Crippen molar-refractivity contribution in [3.63, 3.8) is 0 Å². The molecule has 0 fully saturated rings. The molecule has 0 saturated carbocycles. The first-order valence-corrected chi connectivity index (χ1v) is 6.18. The van der Waals surface area contributed by atoms with Crippen LogP contribution in [-0.2, 0) is 16.1 Å². The summed E-state index contributed by atoms with van der Waals surface area (Å²) in [6.07, 6.45) is 0. The van der Waals surface area contributed by atoms with Crippen LogP contribution in [0.4, 0.5) is 5.95 Å². The number of aromatic amines is 1. The highest BCUT2D eigenvalue weighted by molar-refractivity contribution is 5.92. The lowest BCUT2D eigenvalue weighted by atomic mass is 10.2. The standard InChI is InChI=1S/C13H15N5O3/c1-21-10(19)8-18(7-9-5-3-2-4-6-9)12(20)11-15-13(14)17-16-11/h2-6H,7-8H2,1H3,(H3,14,15,16,17). The number of amides is 1. The zero-order chi connectivity index (χ0) is 15.2. The van der Waals surface area contributed by atoms with Gasteiger partial charge >= 0.3 is 5.97 Å². The summed E-state index contributed by atoms with van der Waals surface area (Å²) in [7, 11) is 1.26. The molecule has 21 heavy (non-hydrogen) atoms. The highest BCUT2D eigenvalue weighted by atomic mass is 16.5. The first-order valence-electron chi connectivity index (χ1n) is 6.18. The van der Waals surface area contributed by atoms with Crippen LogP contribution >= 0.6 is 0 Å². The number of hydrogen-bond acceptors (Lipinski definition) is 6. The van der Waals surface area contributed by atoms with Crippen molar-refractivity contribution in [2.45, 2.75) is 6.54 Å². The molecule has 0 unspecified atom stereocenters. The number of nitrogens with zero attached hydrogens (tertiary/aromatic N) is 3. The van der Waals surface area contributed by atoms with Crippen LogP contribution in [0.1, 0.15) is 16.2 Å². The average Bonchev–Trinajstić information content (AvgIpc) is 2.93. The largest absolute Gasteiger partial charge is 0.468 e. The number of H-pyrrole nitrogens is 1. The van der Waals surface area contributed by atoms with Crippen molar-refractivity contribution >= 4 is 17.8 Å². The number of nitrogens with one attached hydrogen (secondary N) is 1. The smallest absolute Gasteiger partial charge is 0.325 e. The molecule has 3 N–H and O–H groups in total. The molecule has 0 radical (unpaired) electrons. The van der Waals surface area contributed by atoms with Crippen molar-refractivity contribution in [2.75, 3.05) is 19.4 Å². The van der Waals surface area contributed by atoms with E-state index >= 15 is 0 Å². The molecule has 0 aliphatic rings. The van der Waals surface area contributed by atoms with E-state index in [9.17, 15) is 9.59 Å². The van der Waals surface area contributed by atoms with Crippen LogP contribution in [0.5, 0.6) is 0 Å². The van der Waals surface area contributed by atoms with Crippen LogP contribution < -0.4 is 5.73 Å². The van der Waals surface area contributed by atoms with Crippen molar-refractivity contribution in [3.05, 3.63) is 41.7 Å². The number of nitrogens with two attached hydrogens (primary N) is 1. The van der Waals surface area contributed by atoms with E-state index in [1.54, 1.807) is 0 Å². The second kappa shape index (κ2) is 6.51. The molecular formula is C13H15N5O3. The Morgan fingerprint density at radius 3 is 2.62 bits per heavy atom. The summed E-state index contributed by atoms with van der Waals surface area (Å²) >= 11 is 0. The zero-order valence-corrected chi connectivity index (χ0v) is 11.4. The van der Waals surface area contributed by atoms with E-state index in [0.717, 1.165) is 5.56 Å². The van der Waals surface area contributed by atoms with Gasteiger partial charge in [0.1, 0.15) is 6.54 Å². The molecule has 8 nitrogen and oxygen atoms in total. The quantitative estimate of drug-likeness (QED) is 0.760. The zero-order valence-electron chi connectivity index (χ0n) is 11.4. The summed E-state index contributed by atoms with van der Waals surface area (Å²) in [5.41, 5.74) is 6.26. The number of esters is 1. The van der Waals surface area contributed by atoms with Crippen LogP contribution in [0.3, 0.4) is 0 Å². The average molecular weight is 289 g/mol. The third-order valence-corrected chi connectivity index (χ3v) is 2.76. The van der Waals surface area contributed by atoms with Crippen LogP contribution in [0, 0.1) is 0 Å². The molecule has 2 aromatic rings. The van der Waals surface area contributed by atoms with Crippen LogP contribution in [0.25, 0.3) is 0 Å². The molecule has 1 aromatic carbocycles. The van der Waals surface area contributed by atoms with Gasteiger partial charge in [-0.15, -0.1) is 5.10 Å². The Kier molecular flexibility index (Phi) is 4.50. The van der Waals surface area contributed by atoms with E-state index in [2.05, 4.69) is 19.9 Å². The predicted molar refractivity (Wildman–Crippen MR) is 74.0 cm³/mol. The number of benzene rings is 1. The molecular weight excluding hydrogens is 274 g/mol. The molecule has 2 rings (SSSR count). The summed E-state index contributed by atoms with van der Waals surface area (Å²) < 4.78 is 4.61. The molecule has 8 heteroatoms. The second-order valence-corrected chi connectivity index (χ2v) is 4.27. The van der Waals surface area contributed by atoms with Gasteiger partial charge in [-0.05, 0) is 5.56 Å². The Bertz CT molecular complexity index is 626. The third-order valence-electron chi connectivity index (χ3n) is 2.76. The monoisotopic (exact) mass is 289 g/mol. The van der Waals surface area contributed by atoms with Crippen molar-refractivity contribution < 1.29 is 14.3 Å². The highest BCUT2D eigenvalue weighted by Gasteiger charge is 2.22. The Morgan fingerprint density at radius 1 is 1.33 bits per heavy atom. The first-order chi connectivity index (χ1) is 10.1. The lowest BCUT2D eigenvalue weighted by molar-refractivity contribution is -0.141. The lowest BCUT2D eigenvalue weighted by Crippen LogP contribution is -2.36. The fourth-order valence-corrected chi connectivity index (χ4v) is 1.74. The minimum Gasteiger partial charge on any atom is -0.468 e. The van der Waals surface area contributed by atoms with Gasteiger partial charge in [-0.3, -0.25) is 14.7 Å². The van der Waals surface area contributed by atoms with Crippen molar-refractivity contribution in [3.8, 4) is 0 Å². The molecule has 0 bridgehead atoms. The fraction of sp³-hybridized carbons (Fsp3) is 0.231. The van der Waals surface area contributed by atoms with Gasteiger partial charge in [0.2, 0.25) is 11.8 Å². The van der Waals surface area contributed by atoms with Gasteiger partial charge in [0.25, 0.3) is 5.91 Å². The van der Waals surface area contributed by atoms with Crippen molar-refractivity contribution in [1.82, 2.24) is 20.1 Å². The number of ether oxygens (including phenoxy) is 1. The van der Waals surface area contributed by atoms with E-state index in [4.69, 9.17) is 5.73 Å². The predicted octanol–water partition coefficient (Wildman–Crippen LogP) is 0.202. The van der Waals surface area contributed by atoms with E-state index in [1.807, 2.05) is 30.3 Å². The molecule has 0 aliphatic heterocycles. The number of carbonyl (C=O) groups excluding carboxylic acids is 2. The Labute approximate surface area is 120 Å². The SMILES string of the molecule is COC(=O)CN(Cc1ccccc1)C(=O)c1nc(N)n[nH]1. The molecule has 0 spiro atoms. The van der Waals surface area contributed by atoms with Gasteiger partial charge in [0, 0.05) is 6.54 Å². The number of carbonyl (C=O) groups is 2. The lowest BCUT2D eigenvalue weighted by Gasteiger charge is -2.20. The maximum Gasteiger partial charge on any atom is 0.325 e. The number of nitrogen functional groups attached to an aromatic ring is 1. The Morgan fingerprint density at radius 2 is 2.05 bits per heavy atom. The molecule has 1 amide bonds. The molecule has 0 aliphatic carbocycles. The summed E-state index contributed by atoms with van der Waals surface area (Å²) in [6.45, 7) is 0.0558. The minimum atomic E-state index is -0.522. The molecule has 0 saturated heterocycles. The first kappa shape index (κ1) is 14.5. The van der Waals surface area contributed by atoms with Crippen molar-refractivity contribution in [2.24, 2.45) is 0 Å². The van der Waals surface area contributed by atoms with E-state index in [-0.39, 0.29) is 24.9 Å².